The smallest absolute Gasteiger partial charge is 0.242 e. The number of carbonyl (C=O) groups excluding carboxylic acids is 2. The number of rotatable bonds is 12. The van der Waals surface area contributed by atoms with Crippen LogP contribution in [0.4, 0.5) is 0 Å². The first-order valence-corrected chi connectivity index (χ1v) is 11.2. The van der Waals surface area contributed by atoms with Crippen LogP contribution >= 0.6 is 11.3 Å². The van der Waals surface area contributed by atoms with Gasteiger partial charge in [0.05, 0.1) is 23.8 Å². The van der Waals surface area contributed by atoms with E-state index in [9.17, 15) is 23.1 Å². The van der Waals surface area contributed by atoms with Crippen LogP contribution in [0.5, 0.6) is 0 Å². The number of amides is 2. The van der Waals surface area contributed by atoms with E-state index < -0.39 is 40.5 Å². The van der Waals surface area contributed by atoms with E-state index in [4.69, 9.17) is 11.1 Å². The Kier molecular flexibility index (Phi) is 9.52. The summed E-state index contributed by atoms with van der Waals surface area (Å²) in [7, 11) is -3.70. The number of thiophene rings is 1. The summed E-state index contributed by atoms with van der Waals surface area (Å²) in [6, 6.07) is 1.11. The number of nitrogens with one attached hydrogen (secondary N) is 4. The lowest BCUT2D eigenvalue weighted by Gasteiger charge is -2.19. The summed E-state index contributed by atoms with van der Waals surface area (Å²) in [5.41, 5.74) is 5.39. The van der Waals surface area contributed by atoms with Gasteiger partial charge in [0, 0.05) is 4.88 Å². The maximum atomic E-state index is 12.2. The van der Waals surface area contributed by atoms with Gasteiger partial charge < -0.3 is 21.5 Å². The first kappa shape index (κ1) is 24.0. The Morgan fingerprint density at radius 3 is 2.54 bits per heavy atom. The van der Waals surface area contributed by atoms with Crippen molar-refractivity contribution in [2.24, 2.45) is 5.73 Å². The highest BCUT2D eigenvalue weighted by molar-refractivity contribution is 7.89. The molecule has 0 radical (unpaired) electrons. The Balaban J connectivity index is 2.55. The number of carbonyl (C=O) groups is 2. The van der Waals surface area contributed by atoms with Gasteiger partial charge in [-0.1, -0.05) is 13.3 Å². The van der Waals surface area contributed by atoms with Gasteiger partial charge in [0.15, 0.2) is 0 Å². The molecule has 0 aliphatic heterocycles. The van der Waals surface area contributed by atoms with Crippen LogP contribution in [0.2, 0.25) is 0 Å². The number of nitrogens with two attached hydrogens (primary N) is 1. The molecule has 0 aliphatic carbocycles. The highest BCUT2D eigenvalue weighted by Crippen LogP contribution is 2.15. The third-order valence-corrected chi connectivity index (χ3v) is 6.29. The summed E-state index contributed by atoms with van der Waals surface area (Å²) in [6.07, 6.45) is 1.11. The van der Waals surface area contributed by atoms with Crippen LogP contribution in [-0.4, -0.2) is 55.6 Å². The Labute approximate surface area is 168 Å². The molecule has 0 aliphatic rings. The molecule has 1 aromatic rings. The van der Waals surface area contributed by atoms with Crippen LogP contribution in [0.15, 0.2) is 12.1 Å². The zero-order chi connectivity index (χ0) is 21.3. The minimum absolute atomic E-state index is 0.0559. The van der Waals surface area contributed by atoms with Crippen LogP contribution in [0.1, 0.15) is 36.4 Å². The van der Waals surface area contributed by atoms with E-state index in [0.717, 1.165) is 4.88 Å². The molecule has 0 unspecified atom stereocenters. The monoisotopic (exact) mass is 433 g/mol. The summed E-state index contributed by atoms with van der Waals surface area (Å²) in [5.74, 6) is -1.47. The maximum absolute atomic E-state index is 12.2. The van der Waals surface area contributed by atoms with E-state index in [1.165, 1.54) is 18.3 Å². The Morgan fingerprint density at radius 2 is 2.00 bits per heavy atom. The van der Waals surface area contributed by atoms with E-state index in [1.54, 1.807) is 12.1 Å². The standard InChI is InChI=1S/C16H27N5O5S2/c1-3-4-7-28(25,26)21-12(9-22)16(24)20-10(2)15(23)19-8-11-5-6-13(27-11)14(17)18/h5-6,10,12,21-22H,3-4,7-9H2,1-2H3,(H3,17,18)(H,19,23)(H,20,24)/t10-,12+/m0/s1. The highest BCUT2D eigenvalue weighted by Gasteiger charge is 2.26. The zero-order valence-electron chi connectivity index (χ0n) is 15.8. The third kappa shape index (κ3) is 7.92. The molecule has 158 valence electrons. The Bertz CT molecular complexity index is 793. The third-order valence-electron chi connectivity index (χ3n) is 3.70. The highest BCUT2D eigenvalue weighted by atomic mass is 32.2. The number of nitrogen functional groups attached to an aromatic ring is 1. The predicted molar refractivity (Wildman–Crippen MR) is 107 cm³/mol. The first-order valence-electron chi connectivity index (χ1n) is 8.71. The SMILES string of the molecule is CCCCS(=O)(=O)N[C@H](CO)C(=O)N[C@@H](C)C(=O)NCc1ccc(C(=N)N)s1. The molecule has 28 heavy (non-hydrogen) atoms. The Morgan fingerprint density at radius 1 is 1.32 bits per heavy atom. The molecule has 0 saturated carbocycles. The second-order valence-corrected chi connectivity index (χ2v) is 9.19. The van der Waals surface area contributed by atoms with E-state index in [1.807, 2.05) is 6.92 Å². The number of hydrogen-bond acceptors (Lipinski definition) is 7. The molecule has 0 aromatic carbocycles. The second kappa shape index (κ2) is 11.1. The van der Waals surface area contributed by atoms with Gasteiger partial charge in [0.2, 0.25) is 21.8 Å². The molecule has 0 bridgehead atoms. The molecule has 2 atom stereocenters. The van der Waals surface area contributed by atoms with Crippen molar-refractivity contribution in [1.29, 1.82) is 5.41 Å². The zero-order valence-corrected chi connectivity index (χ0v) is 17.5. The second-order valence-electron chi connectivity index (χ2n) is 6.15. The number of sulfonamides is 1. The van der Waals surface area contributed by atoms with Crippen molar-refractivity contribution >= 4 is 39.0 Å². The van der Waals surface area contributed by atoms with E-state index in [2.05, 4.69) is 15.4 Å². The summed E-state index contributed by atoms with van der Waals surface area (Å²) in [6.45, 7) is 2.75. The van der Waals surface area contributed by atoms with Crippen molar-refractivity contribution in [1.82, 2.24) is 15.4 Å². The molecule has 2 amide bonds. The van der Waals surface area contributed by atoms with Gasteiger partial charge in [0.1, 0.15) is 17.9 Å². The van der Waals surface area contributed by atoms with Crippen molar-refractivity contribution in [2.45, 2.75) is 45.3 Å². The largest absolute Gasteiger partial charge is 0.394 e. The predicted octanol–water partition coefficient (Wildman–Crippen LogP) is -0.767. The molecule has 1 aromatic heterocycles. The molecule has 0 fully saturated rings. The Hall–Kier alpha value is -2.02. The topological polar surface area (TPSA) is 174 Å². The van der Waals surface area contributed by atoms with Gasteiger partial charge >= 0.3 is 0 Å². The molecule has 10 nitrogen and oxygen atoms in total. The first-order chi connectivity index (χ1) is 13.1. The number of aliphatic hydroxyl groups excluding tert-OH is 1. The van der Waals surface area contributed by atoms with Gasteiger partial charge in [-0.25, -0.2) is 13.1 Å². The average Bonchev–Trinajstić information content (AvgIpc) is 3.11. The summed E-state index contributed by atoms with van der Waals surface area (Å²) in [4.78, 5) is 25.7. The average molecular weight is 434 g/mol. The van der Waals surface area contributed by atoms with Crippen LogP contribution in [0, 0.1) is 5.41 Å². The molecule has 1 heterocycles. The van der Waals surface area contributed by atoms with Crippen molar-refractivity contribution in [3.8, 4) is 0 Å². The minimum atomic E-state index is -3.70. The normalized spacial score (nSPS) is 13.5. The van der Waals surface area contributed by atoms with Gasteiger partial charge in [0.25, 0.3) is 0 Å². The summed E-state index contributed by atoms with van der Waals surface area (Å²) < 4.78 is 25.9. The quantitative estimate of drug-likeness (QED) is 0.186. The van der Waals surface area contributed by atoms with Crippen LogP contribution in [0.25, 0.3) is 0 Å². The fourth-order valence-electron chi connectivity index (χ4n) is 2.11. The van der Waals surface area contributed by atoms with Crippen LogP contribution < -0.4 is 21.1 Å². The molecule has 1 rings (SSSR count). The molecule has 12 heteroatoms. The lowest BCUT2D eigenvalue weighted by atomic mass is 10.2. The van der Waals surface area contributed by atoms with Crippen LogP contribution in [0.3, 0.4) is 0 Å². The lowest BCUT2D eigenvalue weighted by Crippen LogP contribution is -2.54. The van der Waals surface area contributed by atoms with Crippen molar-refractivity contribution < 1.29 is 23.1 Å². The molecule has 7 N–H and O–H groups in total. The number of aliphatic hydroxyl groups is 1. The fourth-order valence-corrected chi connectivity index (χ4v) is 4.32. The molecule has 0 spiro atoms. The van der Waals surface area contributed by atoms with Crippen molar-refractivity contribution in [2.75, 3.05) is 12.4 Å². The molecule has 0 saturated heterocycles. The summed E-state index contributed by atoms with van der Waals surface area (Å²) in [5, 5.41) is 21.7. The van der Waals surface area contributed by atoms with Gasteiger partial charge in [-0.2, -0.15) is 0 Å². The molecular formula is C16H27N5O5S2. The number of unbranched alkanes of at least 4 members (excludes halogenated alkanes) is 1. The lowest BCUT2D eigenvalue weighted by molar-refractivity contribution is -0.130. The summed E-state index contributed by atoms with van der Waals surface area (Å²) >= 11 is 1.27. The maximum Gasteiger partial charge on any atom is 0.242 e. The van der Waals surface area contributed by atoms with E-state index >= 15 is 0 Å². The van der Waals surface area contributed by atoms with Crippen LogP contribution in [-0.2, 0) is 26.2 Å². The van der Waals surface area contributed by atoms with Gasteiger partial charge in [-0.05, 0) is 25.5 Å². The van der Waals surface area contributed by atoms with Gasteiger partial charge in [-0.15, -0.1) is 11.3 Å². The minimum Gasteiger partial charge on any atom is -0.394 e. The van der Waals surface area contributed by atoms with Gasteiger partial charge in [-0.3, -0.25) is 15.0 Å². The van der Waals surface area contributed by atoms with E-state index in [0.29, 0.717) is 17.7 Å². The number of hydrogen-bond donors (Lipinski definition) is 6. The van der Waals surface area contributed by atoms with Crippen molar-refractivity contribution in [3.63, 3.8) is 0 Å². The fraction of sp³-hybridized carbons (Fsp3) is 0.562. The van der Waals surface area contributed by atoms with Crippen molar-refractivity contribution in [3.05, 3.63) is 21.9 Å². The number of amidine groups is 1. The van der Waals surface area contributed by atoms with E-state index in [-0.39, 0.29) is 18.1 Å². The molecular weight excluding hydrogens is 406 g/mol.